The summed E-state index contributed by atoms with van der Waals surface area (Å²) < 4.78 is 49.5. The van der Waals surface area contributed by atoms with Gasteiger partial charge in [0.25, 0.3) is 0 Å². The van der Waals surface area contributed by atoms with Gasteiger partial charge in [0.2, 0.25) is 0 Å². The zero-order chi connectivity index (χ0) is 23.0. The van der Waals surface area contributed by atoms with Crippen LogP contribution in [0, 0.1) is 0 Å². The van der Waals surface area contributed by atoms with Gasteiger partial charge in [0.05, 0.1) is 55.1 Å². The van der Waals surface area contributed by atoms with Crippen molar-refractivity contribution in [3.63, 3.8) is 0 Å². The van der Waals surface area contributed by atoms with Crippen molar-refractivity contribution in [2.75, 3.05) is 24.2 Å². The van der Waals surface area contributed by atoms with Gasteiger partial charge in [-0.25, -0.2) is 4.98 Å². The molecular formula is C20H20F3N5O4. The van der Waals surface area contributed by atoms with Crippen LogP contribution < -0.4 is 11.1 Å². The zero-order valence-corrected chi connectivity index (χ0v) is 17.0. The number of rotatable bonds is 2. The monoisotopic (exact) mass is 451 g/mol. The number of nitrogens with zero attached hydrogens (tertiary/aromatic N) is 3. The average Bonchev–Trinajstić information content (AvgIpc) is 3.26. The lowest BCUT2D eigenvalue weighted by molar-refractivity contribution is -0.152. The molecule has 0 saturated carbocycles. The minimum absolute atomic E-state index is 0.00871. The summed E-state index contributed by atoms with van der Waals surface area (Å²) in [6.07, 6.45) is -2.85. The van der Waals surface area contributed by atoms with Crippen LogP contribution in [0.1, 0.15) is 35.3 Å². The number of amides is 2. The molecule has 4 rings (SSSR count). The predicted molar refractivity (Wildman–Crippen MR) is 105 cm³/mol. The van der Waals surface area contributed by atoms with E-state index in [1.54, 1.807) is 6.92 Å². The Hall–Kier alpha value is -3.25. The predicted octanol–water partition coefficient (Wildman–Crippen LogP) is 2.03. The summed E-state index contributed by atoms with van der Waals surface area (Å²) >= 11 is 0. The topological polar surface area (TPSA) is 120 Å². The van der Waals surface area contributed by atoms with Crippen molar-refractivity contribution >= 4 is 23.3 Å². The maximum absolute atomic E-state index is 13.0. The van der Waals surface area contributed by atoms with Crippen LogP contribution in [-0.2, 0) is 38.5 Å². The van der Waals surface area contributed by atoms with Gasteiger partial charge in [-0.1, -0.05) is 0 Å². The summed E-state index contributed by atoms with van der Waals surface area (Å²) in [5.74, 6) is -1.50. The highest BCUT2D eigenvalue weighted by molar-refractivity contribution is 6.39. The van der Waals surface area contributed by atoms with Gasteiger partial charge >= 0.3 is 18.0 Å². The standard InChI is InChI=1S/C20H20F3N5O4/c1-10-6-28(16(9-32-10)14-3-2-11(4-25-14)20(21,22)23)19(30)18(29)27-15-5-26-17(24)13-8-31-7-12(13)15/h2-5,10,16H,6-9H2,1H3,(H2,24,26)(H,27,29). The number of halogens is 3. The molecule has 0 aromatic carbocycles. The molecule has 2 aliphatic heterocycles. The molecule has 3 N–H and O–H groups in total. The Labute approximate surface area is 180 Å². The summed E-state index contributed by atoms with van der Waals surface area (Å²) in [7, 11) is 0. The lowest BCUT2D eigenvalue weighted by Gasteiger charge is -2.37. The first-order valence-electron chi connectivity index (χ1n) is 9.75. The molecule has 2 aliphatic rings. The molecule has 9 nitrogen and oxygen atoms in total. The number of hydrogen-bond acceptors (Lipinski definition) is 7. The van der Waals surface area contributed by atoms with Crippen LogP contribution in [0.15, 0.2) is 24.5 Å². The number of pyridine rings is 2. The van der Waals surface area contributed by atoms with Gasteiger partial charge in [-0.15, -0.1) is 0 Å². The highest BCUT2D eigenvalue weighted by atomic mass is 19.4. The smallest absolute Gasteiger partial charge is 0.383 e. The summed E-state index contributed by atoms with van der Waals surface area (Å²) in [6, 6.07) is 1.25. The fourth-order valence-corrected chi connectivity index (χ4v) is 3.64. The van der Waals surface area contributed by atoms with E-state index < -0.39 is 29.6 Å². The van der Waals surface area contributed by atoms with Crippen molar-refractivity contribution in [3.05, 3.63) is 46.9 Å². The maximum Gasteiger partial charge on any atom is 0.417 e. The Morgan fingerprint density at radius 2 is 1.94 bits per heavy atom. The number of fused-ring (bicyclic) bond motifs is 1. The summed E-state index contributed by atoms with van der Waals surface area (Å²) in [5, 5.41) is 2.54. The van der Waals surface area contributed by atoms with Gasteiger partial charge < -0.3 is 25.4 Å². The van der Waals surface area contributed by atoms with E-state index in [1.165, 1.54) is 17.2 Å². The van der Waals surface area contributed by atoms with Crippen molar-refractivity contribution in [3.8, 4) is 0 Å². The van der Waals surface area contributed by atoms with Crippen LogP contribution in [0.4, 0.5) is 24.7 Å². The van der Waals surface area contributed by atoms with Crippen LogP contribution in [0.5, 0.6) is 0 Å². The Bertz CT molecular complexity index is 1040. The van der Waals surface area contributed by atoms with Crippen molar-refractivity contribution < 1.29 is 32.2 Å². The number of carbonyl (C=O) groups is 2. The molecule has 0 spiro atoms. The largest absolute Gasteiger partial charge is 0.417 e. The molecule has 4 heterocycles. The number of hydrogen-bond donors (Lipinski definition) is 2. The van der Waals surface area contributed by atoms with Crippen LogP contribution in [0.25, 0.3) is 0 Å². The minimum Gasteiger partial charge on any atom is -0.383 e. The number of nitrogen functional groups attached to an aromatic ring is 1. The second-order valence-electron chi connectivity index (χ2n) is 7.55. The van der Waals surface area contributed by atoms with Crippen LogP contribution >= 0.6 is 0 Å². The highest BCUT2D eigenvalue weighted by Gasteiger charge is 2.37. The Kier molecular flexibility index (Phi) is 5.73. The van der Waals surface area contributed by atoms with Crippen molar-refractivity contribution in [2.24, 2.45) is 0 Å². The number of anilines is 2. The van der Waals surface area contributed by atoms with Gasteiger partial charge in [0.1, 0.15) is 5.82 Å². The molecule has 2 amide bonds. The van der Waals surface area contributed by atoms with Crippen molar-refractivity contribution in [2.45, 2.75) is 38.5 Å². The molecule has 0 bridgehead atoms. The van der Waals surface area contributed by atoms with E-state index in [2.05, 4.69) is 15.3 Å². The molecule has 2 atom stereocenters. The van der Waals surface area contributed by atoms with E-state index in [9.17, 15) is 22.8 Å². The van der Waals surface area contributed by atoms with E-state index >= 15 is 0 Å². The Balaban J connectivity index is 1.55. The molecular weight excluding hydrogens is 431 g/mol. The first kappa shape index (κ1) is 22.0. The van der Waals surface area contributed by atoms with E-state index in [-0.39, 0.29) is 44.0 Å². The van der Waals surface area contributed by atoms with Gasteiger partial charge in [0, 0.05) is 23.9 Å². The zero-order valence-electron chi connectivity index (χ0n) is 17.0. The number of carbonyl (C=O) groups excluding carboxylic acids is 2. The number of ether oxygens (including phenoxy) is 2. The molecule has 1 fully saturated rings. The first-order valence-corrected chi connectivity index (χ1v) is 9.75. The second kappa shape index (κ2) is 8.36. The fraction of sp³-hybridized carbons (Fsp3) is 0.400. The van der Waals surface area contributed by atoms with Crippen LogP contribution in [0.2, 0.25) is 0 Å². The molecule has 12 heteroatoms. The lowest BCUT2D eigenvalue weighted by atomic mass is 10.1. The highest BCUT2D eigenvalue weighted by Crippen LogP contribution is 2.32. The third-order valence-electron chi connectivity index (χ3n) is 5.35. The number of nitrogens with two attached hydrogens (primary N) is 1. The summed E-state index contributed by atoms with van der Waals surface area (Å²) in [6.45, 7) is 2.27. The third kappa shape index (κ3) is 4.23. The number of aromatic nitrogens is 2. The van der Waals surface area contributed by atoms with E-state index in [1.807, 2.05) is 0 Å². The van der Waals surface area contributed by atoms with Gasteiger partial charge in [0.15, 0.2) is 0 Å². The summed E-state index contributed by atoms with van der Waals surface area (Å²) in [5.41, 5.74) is 6.71. The number of alkyl halides is 3. The van der Waals surface area contributed by atoms with E-state index in [0.717, 1.165) is 6.07 Å². The molecule has 0 aliphatic carbocycles. The Morgan fingerprint density at radius 3 is 2.62 bits per heavy atom. The third-order valence-corrected chi connectivity index (χ3v) is 5.35. The van der Waals surface area contributed by atoms with E-state index in [4.69, 9.17) is 15.2 Å². The fourth-order valence-electron chi connectivity index (χ4n) is 3.64. The number of nitrogens with one attached hydrogen (secondary N) is 1. The minimum atomic E-state index is -4.53. The molecule has 2 aromatic rings. The quantitative estimate of drug-likeness (QED) is 0.671. The number of morpholine rings is 1. The van der Waals surface area contributed by atoms with Gasteiger partial charge in [-0.05, 0) is 19.1 Å². The molecule has 2 aromatic heterocycles. The molecule has 0 radical (unpaired) electrons. The average molecular weight is 451 g/mol. The van der Waals surface area contributed by atoms with E-state index in [0.29, 0.717) is 23.0 Å². The van der Waals surface area contributed by atoms with Crippen LogP contribution in [0.3, 0.4) is 0 Å². The normalized spacial score (nSPS) is 20.7. The SMILES string of the molecule is CC1CN(C(=O)C(=O)Nc2cnc(N)c3c2COC3)C(c2ccc(C(F)(F)F)cn2)CO1. The van der Waals surface area contributed by atoms with Crippen LogP contribution in [-0.4, -0.2) is 45.9 Å². The van der Waals surface area contributed by atoms with Gasteiger partial charge in [-0.2, -0.15) is 13.2 Å². The lowest BCUT2D eigenvalue weighted by Crippen LogP contribution is -2.50. The first-order chi connectivity index (χ1) is 15.1. The van der Waals surface area contributed by atoms with Crippen molar-refractivity contribution in [1.82, 2.24) is 14.9 Å². The van der Waals surface area contributed by atoms with Gasteiger partial charge in [-0.3, -0.25) is 14.6 Å². The molecule has 170 valence electrons. The summed E-state index contributed by atoms with van der Waals surface area (Å²) in [4.78, 5) is 34.9. The van der Waals surface area contributed by atoms with Crippen molar-refractivity contribution in [1.29, 1.82) is 0 Å². The maximum atomic E-state index is 13.0. The molecule has 32 heavy (non-hydrogen) atoms. The molecule has 2 unspecified atom stereocenters. The Morgan fingerprint density at radius 1 is 1.19 bits per heavy atom. The molecule has 1 saturated heterocycles. The second-order valence-corrected chi connectivity index (χ2v) is 7.55.